The fourth-order valence-corrected chi connectivity index (χ4v) is 1.54. The van der Waals surface area contributed by atoms with Crippen molar-refractivity contribution < 1.29 is 0 Å². The molecule has 0 atom stereocenters. The van der Waals surface area contributed by atoms with Crippen molar-refractivity contribution in [2.75, 3.05) is 5.73 Å². The second kappa shape index (κ2) is 4.02. The van der Waals surface area contributed by atoms with Gasteiger partial charge in [-0.05, 0) is 34.5 Å². The summed E-state index contributed by atoms with van der Waals surface area (Å²) in [5.41, 5.74) is 7.90. The van der Waals surface area contributed by atoms with Gasteiger partial charge in [0.15, 0.2) is 0 Å². The highest BCUT2D eigenvalue weighted by molar-refractivity contribution is 9.10. The van der Waals surface area contributed by atoms with Gasteiger partial charge in [-0.25, -0.2) is 4.68 Å². The molecule has 0 aliphatic carbocycles. The molecule has 0 saturated heterocycles. The normalized spacial score (nSPS) is 10.5. The first-order valence-corrected chi connectivity index (χ1v) is 5.34. The molecule has 4 nitrogen and oxygen atoms in total. The molecule has 0 aliphatic heterocycles. The average molecular weight is 267 g/mol. The smallest absolute Gasteiger partial charge is 0.136 e. The third kappa shape index (κ3) is 2.18. The Morgan fingerprint density at radius 2 is 2.20 bits per heavy atom. The Balaban J connectivity index is 2.22. The zero-order chi connectivity index (χ0) is 10.8. The molecule has 0 fully saturated rings. The topological polar surface area (TPSA) is 56.7 Å². The Morgan fingerprint density at radius 3 is 2.73 bits per heavy atom. The van der Waals surface area contributed by atoms with Gasteiger partial charge in [0.05, 0.1) is 22.9 Å². The van der Waals surface area contributed by atoms with Crippen molar-refractivity contribution in [2.24, 2.45) is 0 Å². The van der Waals surface area contributed by atoms with Crippen LogP contribution in [0, 0.1) is 6.92 Å². The predicted octanol–water partition coefficient (Wildman–Crippen LogP) is 1.98. The first-order valence-electron chi connectivity index (χ1n) is 4.55. The molecule has 2 aromatic heterocycles. The van der Waals surface area contributed by atoms with E-state index in [2.05, 4.69) is 26.0 Å². The highest BCUT2D eigenvalue weighted by Crippen LogP contribution is 2.18. The number of aromatic nitrogens is 3. The summed E-state index contributed by atoms with van der Waals surface area (Å²) in [6.07, 6.45) is 3.52. The molecule has 2 rings (SSSR count). The Labute approximate surface area is 96.3 Å². The van der Waals surface area contributed by atoms with Crippen LogP contribution < -0.4 is 5.73 Å². The number of rotatable bonds is 2. The molecule has 0 spiro atoms. The van der Waals surface area contributed by atoms with Crippen LogP contribution in [-0.4, -0.2) is 14.8 Å². The summed E-state index contributed by atoms with van der Waals surface area (Å²) in [6.45, 7) is 2.60. The minimum atomic E-state index is 0.595. The molecule has 2 aromatic rings. The van der Waals surface area contributed by atoms with E-state index < -0.39 is 0 Å². The Bertz CT molecular complexity index is 461. The van der Waals surface area contributed by atoms with Gasteiger partial charge in [0.2, 0.25) is 0 Å². The summed E-state index contributed by atoms with van der Waals surface area (Å²) in [5.74, 6) is 0.623. The Morgan fingerprint density at radius 1 is 1.40 bits per heavy atom. The lowest BCUT2D eigenvalue weighted by Gasteiger charge is -2.03. The van der Waals surface area contributed by atoms with Gasteiger partial charge >= 0.3 is 0 Å². The minimum absolute atomic E-state index is 0.595. The van der Waals surface area contributed by atoms with Crippen LogP contribution in [0.3, 0.4) is 0 Å². The van der Waals surface area contributed by atoms with E-state index in [9.17, 15) is 0 Å². The summed E-state index contributed by atoms with van der Waals surface area (Å²) < 4.78 is 2.52. The number of nitrogens with two attached hydrogens (primary N) is 1. The van der Waals surface area contributed by atoms with Crippen molar-refractivity contribution in [2.45, 2.75) is 13.5 Å². The molecule has 5 heteroatoms. The maximum Gasteiger partial charge on any atom is 0.136 e. The number of nitrogens with zero attached hydrogens (tertiary/aromatic N) is 3. The standard InChI is InChI=1S/C10H11BrN4/c1-7-2-3-8(13-4-7)6-15-10(12)9(11)5-14-15/h2-5H,6,12H2,1H3. The minimum Gasteiger partial charge on any atom is -0.383 e. The Kier molecular flexibility index (Phi) is 2.73. The van der Waals surface area contributed by atoms with Gasteiger partial charge in [0, 0.05) is 6.20 Å². The number of nitrogen functional groups attached to an aromatic ring is 1. The SMILES string of the molecule is Cc1ccc(Cn2ncc(Br)c2N)nc1. The third-order valence-corrected chi connectivity index (χ3v) is 2.73. The number of hydrogen-bond donors (Lipinski definition) is 1. The molecular weight excluding hydrogens is 256 g/mol. The summed E-state index contributed by atoms with van der Waals surface area (Å²) in [6, 6.07) is 4.00. The number of pyridine rings is 1. The van der Waals surface area contributed by atoms with E-state index in [4.69, 9.17) is 5.73 Å². The fourth-order valence-electron chi connectivity index (χ4n) is 1.24. The number of anilines is 1. The van der Waals surface area contributed by atoms with Crippen molar-refractivity contribution in [1.82, 2.24) is 14.8 Å². The zero-order valence-electron chi connectivity index (χ0n) is 8.31. The van der Waals surface area contributed by atoms with E-state index in [0.717, 1.165) is 15.7 Å². The zero-order valence-corrected chi connectivity index (χ0v) is 9.90. The predicted molar refractivity (Wildman–Crippen MR) is 62.4 cm³/mol. The second-order valence-electron chi connectivity index (χ2n) is 3.36. The molecule has 0 radical (unpaired) electrons. The average Bonchev–Trinajstić information content (AvgIpc) is 2.53. The second-order valence-corrected chi connectivity index (χ2v) is 4.22. The van der Waals surface area contributed by atoms with E-state index in [-0.39, 0.29) is 0 Å². The third-order valence-electron chi connectivity index (χ3n) is 2.12. The molecule has 0 unspecified atom stereocenters. The van der Waals surface area contributed by atoms with Crippen molar-refractivity contribution in [1.29, 1.82) is 0 Å². The van der Waals surface area contributed by atoms with Crippen molar-refractivity contribution in [3.8, 4) is 0 Å². The molecule has 0 aromatic carbocycles. The quantitative estimate of drug-likeness (QED) is 0.905. The first-order chi connectivity index (χ1) is 7.16. The molecule has 15 heavy (non-hydrogen) atoms. The van der Waals surface area contributed by atoms with Crippen LogP contribution in [0.25, 0.3) is 0 Å². The van der Waals surface area contributed by atoms with Crippen molar-refractivity contribution in [3.63, 3.8) is 0 Å². The van der Waals surface area contributed by atoms with E-state index >= 15 is 0 Å². The lowest BCUT2D eigenvalue weighted by atomic mass is 10.3. The first kappa shape index (κ1) is 10.2. The molecule has 0 amide bonds. The van der Waals surface area contributed by atoms with Crippen LogP contribution >= 0.6 is 15.9 Å². The number of hydrogen-bond acceptors (Lipinski definition) is 3. The van der Waals surface area contributed by atoms with E-state index in [1.54, 1.807) is 10.9 Å². The largest absolute Gasteiger partial charge is 0.383 e. The molecule has 0 aliphatic rings. The highest BCUT2D eigenvalue weighted by atomic mass is 79.9. The summed E-state index contributed by atoms with van der Waals surface area (Å²) in [7, 11) is 0. The molecule has 0 bridgehead atoms. The highest BCUT2D eigenvalue weighted by Gasteiger charge is 2.05. The monoisotopic (exact) mass is 266 g/mol. The van der Waals surface area contributed by atoms with Crippen LogP contribution in [0.2, 0.25) is 0 Å². The van der Waals surface area contributed by atoms with Crippen LogP contribution in [0.15, 0.2) is 29.0 Å². The van der Waals surface area contributed by atoms with Gasteiger partial charge < -0.3 is 5.73 Å². The lowest BCUT2D eigenvalue weighted by molar-refractivity contribution is 0.682. The van der Waals surface area contributed by atoms with Gasteiger partial charge in [-0.3, -0.25) is 4.98 Å². The van der Waals surface area contributed by atoms with Gasteiger partial charge in [-0.2, -0.15) is 5.10 Å². The molecule has 78 valence electrons. The van der Waals surface area contributed by atoms with Gasteiger partial charge in [-0.1, -0.05) is 6.07 Å². The van der Waals surface area contributed by atoms with Gasteiger partial charge in [0.1, 0.15) is 5.82 Å². The summed E-state index contributed by atoms with van der Waals surface area (Å²) in [4.78, 5) is 4.29. The van der Waals surface area contributed by atoms with Crippen LogP contribution in [0.4, 0.5) is 5.82 Å². The summed E-state index contributed by atoms with van der Waals surface area (Å²) >= 11 is 3.31. The van der Waals surface area contributed by atoms with Gasteiger partial charge in [-0.15, -0.1) is 0 Å². The van der Waals surface area contributed by atoms with E-state index in [1.165, 1.54) is 0 Å². The maximum atomic E-state index is 5.81. The summed E-state index contributed by atoms with van der Waals surface area (Å²) in [5, 5.41) is 4.14. The fraction of sp³-hybridized carbons (Fsp3) is 0.200. The number of halogens is 1. The molecular formula is C10H11BrN4. The van der Waals surface area contributed by atoms with Crippen LogP contribution in [-0.2, 0) is 6.54 Å². The van der Waals surface area contributed by atoms with E-state index in [1.807, 2.05) is 25.3 Å². The lowest BCUT2D eigenvalue weighted by Crippen LogP contribution is -2.07. The number of aryl methyl sites for hydroxylation is 1. The molecule has 2 heterocycles. The molecule has 0 saturated carbocycles. The maximum absolute atomic E-state index is 5.81. The van der Waals surface area contributed by atoms with Crippen molar-refractivity contribution >= 4 is 21.7 Å². The van der Waals surface area contributed by atoms with E-state index in [0.29, 0.717) is 12.4 Å². The van der Waals surface area contributed by atoms with Gasteiger partial charge in [0.25, 0.3) is 0 Å². The molecule has 2 N–H and O–H groups in total. The van der Waals surface area contributed by atoms with Crippen LogP contribution in [0.1, 0.15) is 11.3 Å². The van der Waals surface area contributed by atoms with Crippen molar-refractivity contribution in [3.05, 3.63) is 40.3 Å². The van der Waals surface area contributed by atoms with Crippen LogP contribution in [0.5, 0.6) is 0 Å². The Hall–Kier alpha value is -1.36.